The lowest BCUT2D eigenvalue weighted by molar-refractivity contribution is 0.187. The lowest BCUT2D eigenvalue weighted by Gasteiger charge is -2.29. The summed E-state index contributed by atoms with van der Waals surface area (Å²) in [5, 5.41) is 9.14. The van der Waals surface area contributed by atoms with Crippen LogP contribution in [0.25, 0.3) is 5.57 Å². The van der Waals surface area contributed by atoms with Crippen molar-refractivity contribution in [2.45, 2.75) is 25.8 Å². The third-order valence-corrected chi connectivity index (χ3v) is 5.08. The molecule has 1 aromatic carbocycles. The van der Waals surface area contributed by atoms with Gasteiger partial charge in [-0.15, -0.1) is 0 Å². The smallest absolute Gasteiger partial charge is 0.140 e. The summed E-state index contributed by atoms with van der Waals surface area (Å²) >= 11 is 0. The third-order valence-electron chi connectivity index (χ3n) is 5.08. The van der Waals surface area contributed by atoms with E-state index >= 15 is 0 Å². The van der Waals surface area contributed by atoms with E-state index in [9.17, 15) is 0 Å². The Morgan fingerprint density at radius 2 is 1.87 bits per heavy atom. The highest BCUT2D eigenvalue weighted by molar-refractivity contribution is 5.81. The van der Waals surface area contributed by atoms with Crippen molar-refractivity contribution in [3.8, 4) is 0 Å². The molecule has 1 N–H and O–H groups in total. The zero-order valence-electron chi connectivity index (χ0n) is 13.4. The average Bonchev–Trinajstić information content (AvgIpc) is 2.98. The van der Waals surface area contributed by atoms with Crippen LogP contribution in [0.5, 0.6) is 0 Å². The van der Waals surface area contributed by atoms with E-state index in [2.05, 4.69) is 44.9 Å². The fourth-order valence-electron chi connectivity index (χ4n) is 3.85. The van der Waals surface area contributed by atoms with Gasteiger partial charge in [-0.1, -0.05) is 29.8 Å². The maximum absolute atomic E-state index is 9.14. The molecule has 1 fully saturated rings. The van der Waals surface area contributed by atoms with Gasteiger partial charge in [0.25, 0.3) is 0 Å². The number of benzene rings is 1. The quantitative estimate of drug-likeness (QED) is 0.926. The molecule has 120 valence electrons. The highest BCUT2D eigenvalue weighted by atomic mass is 16.3. The predicted molar refractivity (Wildman–Crippen MR) is 91.2 cm³/mol. The fraction of sp³-hybridized carbons (Fsp3) is 0.421. The number of imidazole rings is 1. The monoisotopic (exact) mass is 309 g/mol. The second-order valence-electron chi connectivity index (χ2n) is 6.40. The van der Waals surface area contributed by atoms with Gasteiger partial charge < -0.3 is 14.6 Å². The Bertz CT molecular complexity index is 722. The van der Waals surface area contributed by atoms with Crippen LogP contribution in [0.1, 0.15) is 29.8 Å². The maximum Gasteiger partial charge on any atom is 0.140 e. The summed E-state index contributed by atoms with van der Waals surface area (Å²) in [6.45, 7) is 4.09. The zero-order valence-corrected chi connectivity index (χ0v) is 13.4. The van der Waals surface area contributed by atoms with Crippen LogP contribution in [0.3, 0.4) is 0 Å². The number of rotatable bonds is 2. The minimum Gasteiger partial charge on any atom is -0.395 e. The molecule has 0 atom stereocenters. The van der Waals surface area contributed by atoms with Crippen LogP contribution in [0.15, 0.2) is 42.2 Å². The van der Waals surface area contributed by atoms with Gasteiger partial charge in [-0.05, 0) is 30.4 Å². The number of nitrogens with zero attached hydrogens (tertiary/aromatic N) is 3. The Hall–Kier alpha value is -1.91. The minimum absolute atomic E-state index is 0.249. The molecular weight excluding hydrogens is 286 g/mol. The van der Waals surface area contributed by atoms with Gasteiger partial charge in [0.2, 0.25) is 0 Å². The summed E-state index contributed by atoms with van der Waals surface area (Å²) in [7, 11) is 0. The van der Waals surface area contributed by atoms with Crippen LogP contribution in [0.4, 0.5) is 0 Å². The largest absolute Gasteiger partial charge is 0.395 e. The number of fused-ring (bicyclic) bond motifs is 2. The number of aliphatic hydroxyl groups is 1. The predicted octanol–water partition coefficient (Wildman–Crippen LogP) is 2.33. The molecule has 4 nitrogen and oxygen atoms in total. The lowest BCUT2D eigenvalue weighted by Crippen LogP contribution is -2.33. The number of piperidine rings is 1. The van der Waals surface area contributed by atoms with Crippen LogP contribution in [0.2, 0.25) is 0 Å². The molecule has 4 heteroatoms. The molecule has 1 aromatic heterocycles. The standard InChI is InChI=1S/C19H23N3O/c23-14-13-21-9-5-16(6-10-21)18-17-4-2-1-3-15(17)7-11-22-12-8-20-19(18)22/h1-4,8,12,23H,5-7,9-11,13-14H2. The molecule has 0 saturated carbocycles. The van der Waals surface area contributed by atoms with Crippen molar-refractivity contribution < 1.29 is 5.11 Å². The van der Waals surface area contributed by atoms with E-state index in [4.69, 9.17) is 5.11 Å². The Morgan fingerprint density at radius 1 is 1.04 bits per heavy atom. The van der Waals surface area contributed by atoms with Gasteiger partial charge in [0.15, 0.2) is 0 Å². The molecule has 4 rings (SSSR count). The molecule has 3 heterocycles. The molecule has 2 aliphatic heterocycles. The van der Waals surface area contributed by atoms with Gasteiger partial charge in [0.05, 0.1) is 6.61 Å². The van der Waals surface area contributed by atoms with Crippen molar-refractivity contribution >= 4 is 5.57 Å². The highest BCUT2D eigenvalue weighted by Gasteiger charge is 2.24. The first kappa shape index (κ1) is 14.7. The highest BCUT2D eigenvalue weighted by Crippen LogP contribution is 2.35. The zero-order chi connectivity index (χ0) is 15.6. The fourth-order valence-corrected chi connectivity index (χ4v) is 3.85. The molecule has 0 amide bonds. The van der Waals surface area contributed by atoms with Crippen LogP contribution in [-0.4, -0.2) is 45.8 Å². The second kappa shape index (κ2) is 6.30. The van der Waals surface area contributed by atoms with Crippen molar-refractivity contribution in [2.24, 2.45) is 0 Å². The van der Waals surface area contributed by atoms with Gasteiger partial charge >= 0.3 is 0 Å². The summed E-state index contributed by atoms with van der Waals surface area (Å²) < 4.78 is 2.29. The van der Waals surface area contributed by atoms with Gasteiger partial charge in [-0.3, -0.25) is 0 Å². The van der Waals surface area contributed by atoms with E-state index in [0.717, 1.165) is 51.3 Å². The molecule has 0 bridgehead atoms. The molecule has 0 spiro atoms. The average molecular weight is 309 g/mol. The first-order chi connectivity index (χ1) is 11.4. The maximum atomic E-state index is 9.14. The number of aryl methyl sites for hydroxylation is 2. The third kappa shape index (κ3) is 2.73. The Labute approximate surface area is 137 Å². The Kier molecular flexibility index (Phi) is 4.02. The van der Waals surface area contributed by atoms with Gasteiger partial charge in [-0.25, -0.2) is 4.98 Å². The van der Waals surface area contributed by atoms with Crippen LogP contribution < -0.4 is 0 Å². The topological polar surface area (TPSA) is 41.3 Å². The van der Waals surface area contributed by atoms with Crippen molar-refractivity contribution in [1.82, 2.24) is 14.5 Å². The van der Waals surface area contributed by atoms with Gasteiger partial charge in [0, 0.05) is 44.1 Å². The van der Waals surface area contributed by atoms with Crippen LogP contribution >= 0.6 is 0 Å². The normalized spacial score (nSPS) is 18.5. The minimum atomic E-state index is 0.249. The Morgan fingerprint density at radius 3 is 2.70 bits per heavy atom. The number of likely N-dealkylation sites (tertiary alicyclic amines) is 1. The molecule has 2 aliphatic rings. The summed E-state index contributed by atoms with van der Waals surface area (Å²) in [6, 6.07) is 8.78. The first-order valence-electron chi connectivity index (χ1n) is 8.52. The van der Waals surface area contributed by atoms with Crippen molar-refractivity contribution in [1.29, 1.82) is 0 Å². The number of hydrogen-bond donors (Lipinski definition) is 1. The van der Waals surface area contributed by atoms with Gasteiger partial charge in [0.1, 0.15) is 5.82 Å². The summed E-state index contributed by atoms with van der Waals surface area (Å²) in [6.07, 6.45) is 7.22. The van der Waals surface area contributed by atoms with E-state index < -0.39 is 0 Å². The number of aliphatic hydroxyl groups excluding tert-OH is 1. The summed E-state index contributed by atoms with van der Waals surface area (Å²) in [5.41, 5.74) is 5.66. The van der Waals surface area contributed by atoms with E-state index in [1.54, 1.807) is 0 Å². The van der Waals surface area contributed by atoms with E-state index in [1.807, 2.05) is 6.20 Å². The molecule has 0 unspecified atom stereocenters. The van der Waals surface area contributed by atoms with E-state index in [1.165, 1.54) is 22.3 Å². The first-order valence-corrected chi connectivity index (χ1v) is 8.52. The van der Waals surface area contributed by atoms with E-state index in [0.29, 0.717) is 0 Å². The molecular formula is C19H23N3O. The van der Waals surface area contributed by atoms with Gasteiger partial charge in [-0.2, -0.15) is 0 Å². The van der Waals surface area contributed by atoms with Crippen molar-refractivity contribution in [2.75, 3.05) is 26.2 Å². The summed E-state index contributed by atoms with van der Waals surface area (Å²) in [5.74, 6) is 1.13. The SMILES string of the molecule is OCCN1CCC(=C2c3ccccc3CCn3ccnc32)CC1. The number of aromatic nitrogens is 2. The molecule has 1 saturated heterocycles. The number of β-amino-alcohol motifs (C(OH)–C–C–N with tert-alkyl or cyclic N) is 1. The van der Waals surface area contributed by atoms with Crippen molar-refractivity contribution in [3.63, 3.8) is 0 Å². The lowest BCUT2D eigenvalue weighted by atomic mass is 9.90. The van der Waals surface area contributed by atoms with Crippen LogP contribution in [0, 0.1) is 0 Å². The number of hydrogen-bond acceptors (Lipinski definition) is 3. The molecule has 23 heavy (non-hydrogen) atoms. The second-order valence-corrected chi connectivity index (χ2v) is 6.40. The van der Waals surface area contributed by atoms with Crippen molar-refractivity contribution in [3.05, 3.63) is 59.2 Å². The van der Waals surface area contributed by atoms with Crippen LogP contribution in [-0.2, 0) is 13.0 Å². The molecule has 2 aromatic rings. The Balaban J connectivity index is 1.78. The molecule has 0 aliphatic carbocycles. The van der Waals surface area contributed by atoms with E-state index in [-0.39, 0.29) is 6.61 Å². The summed E-state index contributed by atoms with van der Waals surface area (Å²) in [4.78, 5) is 7.03. The molecule has 0 radical (unpaired) electrons.